The minimum atomic E-state index is -0.242. The highest BCUT2D eigenvalue weighted by atomic mass is 16.2. The summed E-state index contributed by atoms with van der Waals surface area (Å²) in [7, 11) is 0. The normalized spacial score (nSPS) is 11.3. The highest BCUT2D eigenvalue weighted by Crippen LogP contribution is 2.09. The van der Waals surface area contributed by atoms with Gasteiger partial charge in [-0.1, -0.05) is 30.3 Å². The monoisotopic (exact) mass is 258 g/mol. The van der Waals surface area contributed by atoms with E-state index in [2.05, 4.69) is 15.6 Å². The van der Waals surface area contributed by atoms with Crippen LogP contribution in [0.4, 0.5) is 0 Å². The predicted octanol–water partition coefficient (Wildman–Crippen LogP) is 2.19. The first-order valence-corrected chi connectivity index (χ1v) is 6.32. The average molecular weight is 258 g/mol. The van der Waals surface area contributed by atoms with Gasteiger partial charge in [0.1, 0.15) is 0 Å². The molecule has 1 N–H and O–H groups in total. The fourth-order valence-corrected chi connectivity index (χ4v) is 1.53. The third-order valence-corrected chi connectivity index (χ3v) is 3.08. The van der Waals surface area contributed by atoms with Crippen molar-refractivity contribution >= 4 is 5.91 Å². The third-order valence-electron chi connectivity index (χ3n) is 3.08. The molecule has 0 spiro atoms. The maximum absolute atomic E-state index is 12.0. The van der Waals surface area contributed by atoms with Crippen LogP contribution in [0.25, 0.3) is 5.69 Å². The van der Waals surface area contributed by atoms with Crippen molar-refractivity contribution in [1.82, 2.24) is 20.3 Å². The van der Waals surface area contributed by atoms with Crippen LogP contribution in [0, 0.1) is 0 Å². The van der Waals surface area contributed by atoms with Gasteiger partial charge in [-0.2, -0.15) is 0 Å². The molecule has 0 aliphatic rings. The van der Waals surface area contributed by atoms with Crippen molar-refractivity contribution in [2.24, 2.45) is 0 Å². The van der Waals surface area contributed by atoms with E-state index in [1.807, 2.05) is 51.1 Å². The number of rotatable bonds is 4. The van der Waals surface area contributed by atoms with Gasteiger partial charge in [-0.25, -0.2) is 4.68 Å². The number of amides is 1. The van der Waals surface area contributed by atoms with Crippen molar-refractivity contribution in [2.45, 2.75) is 32.7 Å². The summed E-state index contributed by atoms with van der Waals surface area (Å²) in [5.74, 6) is -0.200. The van der Waals surface area contributed by atoms with Gasteiger partial charge < -0.3 is 5.32 Å². The van der Waals surface area contributed by atoms with Gasteiger partial charge in [-0.05, 0) is 32.4 Å². The van der Waals surface area contributed by atoms with E-state index >= 15 is 0 Å². The van der Waals surface area contributed by atoms with Gasteiger partial charge in [0, 0.05) is 5.54 Å². The Bertz CT molecular complexity index is 560. The zero-order valence-corrected chi connectivity index (χ0v) is 11.4. The highest BCUT2D eigenvalue weighted by Gasteiger charge is 2.20. The van der Waals surface area contributed by atoms with Gasteiger partial charge in [0.2, 0.25) is 0 Å². The summed E-state index contributed by atoms with van der Waals surface area (Å²) in [6.07, 6.45) is 2.49. The second kappa shape index (κ2) is 5.22. The van der Waals surface area contributed by atoms with Crippen molar-refractivity contribution in [3.05, 3.63) is 42.2 Å². The first-order valence-electron chi connectivity index (χ1n) is 6.32. The molecule has 0 bridgehead atoms. The zero-order chi connectivity index (χ0) is 13.9. The number of nitrogens with one attached hydrogen (secondary N) is 1. The van der Waals surface area contributed by atoms with Crippen LogP contribution in [-0.2, 0) is 0 Å². The molecule has 0 saturated heterocycles. The van der Waals surface area contributed by atoms with Crippen LogP contribution in [0.15, 0.2) is 36.5 Å². The third kappa shape index (κ3) is 3.19. The molecule has 0 aliphatic heterocycles. The minimum Gasteiger partial charge on any atom is -0.346 e. The first-order chi connectivity index (χ1) is 9.02. The Morgan fingerprint density at radius 3 is 2.63 bits per heavy atom. The summed E-state index contributed by atoms with van der Waals surface area (Å²) in [4.78, 5) is 12.0. The summed E-state index contributed by atoms with van der Waals surface area (Å²) in [5, 5.41) is 10.8. The quantitative estimate of drug-likeness (QED) is 0.914. The fourth-order valence-electron chi connectivity index (χ4n) is 1.53. The molecule has 0 saturated carbocycles. The fraction of sp³-hybridized carbons (Fsp3) is 0.357. The number of hydrogen-bond acceptors (Lipinski definition) is 3. The number of benzene rings is 1. The Kier molecular flexibility index (Phi) is 3.64. The molecule has 0 atom stereocenters. The molecule has 0 unspecified atom stereocenters. The molecule has 0 radical (unpaired) electrons. The van der Waals surface area contributed by atoms with E-state index in [-0.39, 0.29) is 11.4 Å². The summed E-state index contributed by atoms with van der Waals surface area (Å²) in [6.45, 7) is 5.99. The minimum absolute atomic E-state index is 0.200. The van der Waals surface area contributed by atoms with Crippen molar-refractivity contribution in [1.29, 1.82) is 0 Å². The Morgan fingerprint density at radius 1 is 1.32 bits per heavy atom. The van der Waals surface area contributed by atoms with Crippen LogP contribution in [0.2, 0.25) is 0 Å². The molecule has 100 valence electrons. The second-order valence-corrected chi connectivity index (χ2v) is 5.08. The number of para-hydroxylation sites is 1. The average Bonchev–Trinajstić information content (AvgIpc) is 2.89. The lowest BCUT2D eigenvalue weighted by atomic mass is 10.0. The van der Waals surface area contributed by atoms with E-state index in [9.17, 15) is 4.79 Å². The largest absolute Gasteiger partial charge is 0.346 e. The Labute approximate surface area is 112 Å². The highest BCUT2D eigenvalue weighted by molar-refractivity contribution is 5.92. The van der Waals surface area contributed by atoms with Crippen molar-refractivity contribution in [3.8, 4) is 5.69 Å². The van der Waals surface area contributed by atoms with Gasteiger partial charge in [-0.15, -0.1) is 5.10 Å². The van der Waals surface area contributed by atoms with E-state index in [1.165, 1.54) is 0 Å². The predicted molar refractivity (Wildman–Crippen MR) is 73.2 cm³/mol. The number of hydrogen-bond donors (Lipinski definition) is 1. The molecule has 1 aromatic heterocycles. The standard InChI is InChI=1S/C14H18N4O/c1-4-14(2,3)15-13(19)12-10-18(17-16-12)11-8-6-5-7-9-11/h5-10H,4H2,1-3H3,(H,15,19). The summed E-state index contributed by atoms with van der Waals surface area (Å²) in [5.41, 5.74) is 0.960. The van der Waals surface area contributed by atoms with Crippen LogP contribution in [-0.4, -0.2) is 26.4 Å². The molecule has 0 fully saturated rings. The van der Waals surface area contributed by atoms with E-state index in [0.29, 0.717) is 5.69 Å². The number of carbonyl (C=O) groups is 1. The van der Waals surface area contributed by atoms with E-state index in [0.717, 1.165) is 12.1 Å². The Hall–Kier alpha value is -2.17. The lowest BCUT2D eigenvalue weighted by Crippen LogP contribution is -2.42. The molecule has 2 aromatic rings. The molecule has 0 aliphatic carbocycles. The van der Waals surface area contributed by atoms with Crippen molar-refractivity contribution < 1.29 is 4.79 Å². The van der Waals surface area contributed by atoms with Crippen LogP contribution in [0.3, 0.4) is 0 Å². The second-order valence-electron chi connectivity index (χ2n) is 5.08. The Balaban J connectivity index is 2.16. The van der Waals surface area contributed by atoms with Gasteiger partial charge in [-0.3, -0.25) is 4.79 Å². The summed E-state index contributed by atoms with van der Waals surface area (Å²) >= 11 is 0. The van der Waals surface area contributed by atoms with Crippen LogP contribution < -0.4 is 5.32 Å². The summed E-state index contributed by atoms with van der Waals surface area (Å²) < 4.78 is 1.59. The van der Waals surface area contributed by atoms with Crippen LogP contribution >= 0.6 is 0 Å². The van der Waals surface area contributed by atoms with Gasteiger partial charge in [0.25, 0.3) is 5.91 Å². The van der Waals surface area contributed by atoms with Crippen molar-refractivity contribution in [2.75, 3.05) is 0 Å². The lowest BCUT2D eigenvalue weighted by Gasteiger charge is -2.23. The smallest absolute Gasteiger partial charge is 0.273 e. The SMILES string of the molecule is CCC(C)(C)NC(=O)c1cn(-c2ccccc2)nn1. The molecule has 5 heteroatoms. The molecule has 2 rings (SSSR count). The van der Waals surface area contributed by atoms with Crippen LogP contribution in [0.5, 0.6) is 0 Å². The van der Waals surface area contributed by atoms with E-state index in [4.69, 9.17) is 0 Å². The number of nitrogens with zero attached hydrogens (tertiary/aromatic N) is 3. The van der Waals surface area contributed by atoms with Crippen LogP contribution in [0.1, 0.15) is 37.7 Å². The Morgan fingerprint density at radius 2 is 2.00 bits per heavy atom. The zero-order valence-electron chi connectivity index (χ0n) is 11.4. The van der Waals surface area contributed by atoms with Gasteiger partial charge >= 0.3 is 0 Å². The molecule has 1 heterocycles. The maximum Gasteiger partial charge on any atom is 0.273 e. The maximum atomic E-state index is 12.0. The van der Waals surface area contributed by atoms with E-state index in [1.54, 1.807) is 10.9 Å². The molecule has 5 nitrogen and oxygen atoms in total. The van der Waals surface area contributed by atoms with E-state index < -0.39 is 0 Å². The van der Waals surface area contributed by atoms with Crippen molar-refractivity contribution in [3.63, 3.8) is 0 Å². The lowest BCUT2D eigenvalue weighted by molar-refractivity contribution is 0.0906. The molecular weight excluding hydrogens is 240 g/mol. The topological polar surface area (TPSA) is 59.8 Å². The molecule has 19 heavy (non-hydrogen) atoms. The molecule has 1 aromatic carbocycles. The number of carbonyl (C=O) groups excluding carboxylic acids is 1. The molecular formula is C14H18N4O. The first kappa shape index (κ1) is 13.3. The summed E-state index contributed by atoms with van der Waals surface area (Å²) in [6, 6.07) is 9.57. The number of aromatic nitrogens is 3. The van der Waals surface area contributed by atoms with Gasteiger partial charge in [0.15, 0.2) is 5.69 Å². The molecule has 1 amide bonds. The van der Waals surface area contributed by atoms with Gasteiger partial charge in [0.05, 0.1) is 11.9 Å².